The van der Waals surface area contributed by atoms with Gasteiger partial charge in [0.05, 0.1) is 11.2 Å². The molecule has 0 N–H and O–H groups in total. The number of aromatic nitrogens is 1. The summed E-state index contributed by atoms with van der Waals surface area (Å²) in [7, 11) is 0. The lowest BCUT2D eigenvalue weighted by Crippen LogP contribution is -1.90. The molecule has 0 amide bonds. The third-order valence-electron chi connectivity index (χ3n) is 3.96. The van der Waals surface area contributed by atoms with Crippen LogP contribution in [0.2, 0.25) is 0 Å². The van der Waals surface area contributed by atoms with Gasteiger partial charge in [-0.2, -0.15) is 0 Å². The SMILES string of the molecule is Brc1cc(Br)cc(-c2cc(-c3ccccc3)c3ccccc3n2)c1. The van der Waals surface area contributed by atoms with E-state index in [0.29, 0.717) is 0 Å². The van der Waals surface area contributed by atoms with Crippen LogP contribution in [-0.4, -0.2) is 4.98 Å². The van der Waals surface area contributed by atoms with Gasteiger partial charge >= 0.3 is 0 Å². The molecule has 0 fully saturated rings. The third kappa shape index (κ3) is 3.02. The summed E-state index contributed by atoms with van der Waals surface area (Å²) in [5, 5.41) is 1.17. The minimum Gasteiger partial charge on any atom is -0.248 e. The Morgan fingerprint density at radius 3 is 2.04 bits per heavy atom. The van der Waals surface area contributed by atoms with Crippen LogP contribution < -0.4 is 0 Å². The molecule has 0 aliphatic heterocycles. The van der Waals surface area contributed by atoms with Gasteiger partial charge in [-0.3, -0.25) is 0 Å². The summed E-state index contributed by atoms with van der Waals surface area (Å²) in [5.41, 5.74) is 5.46. The van der Waals surface area contributed by atoms with Gasteiger partial charge < -0.3 is 0 Å². The smallest absolute Gasteiger partial charge is 0.0716 e. The fraction of sp³-hybridized carbons (Fsp3) is 0. The lowest BCUT2D eigenvalue weighted by molar-refractivity contribution is 1.39. The maximum atomic E-state index is 4.87. The fourth-order valence-electron chi connectivity index (χ4n) is 2.88. The summed E-state index contributed by atoms with van der Waals surface area (Å²) in [6.45, 7) is 0. The van der Waals surface area contributed by atoms with Gasteiger partial charge in [-0.05, 0) is 41.5 Å². The predicted molar refractivity (Wildman–Crippen MR) is 108 cm³/mol. The van der Waals surface area contributed by atoms with Gasteiger partial charge in [0, 0.05) is 19.9 Å². The van der Waals surface area contributed by atoms with Crippen molar-refractivity contribution in [2.24, 2.45) is 0 Å². The second-order valence-electron chi connectivity index (χ2n) is 5.60. The lowest BCUT2D eigenvalue weighted by Gasteiger charge is -2.11. The highest BCUT2D eigenvalue weighted by atomic mass is 79.9. The van der Waals surface area contributed by atoms with Gasteiger partial charge in [-0.1, -0.05) is 80.4 Å². The summed E-state index contributed by atoms with van der Waals surface area (Å²) >= 11 is 7.13. The van der Waals surface area contributed by atoms with Gasteiger partial charge in [-0.25, -0.2) is 4.98 Å². The molecule has 4 rings (SSSR count). The minimum absolute atomic E-state index is 0.967. The van der Waals surface area contributed by atoms with Gasteiger partial charge in [0.1, 0.15) is 0 Å². The van der Waals surface area contributed by atoms with E-state index in [1.807, 2.05) is 18.2 Å². The average molecular weight is 439 g/mol. The van der Waals surface area contributed by atoms with Crippen LogP contribution in [0.15, 0.2) is 87.8 Å². The van der Waals surface area contributed by atoms with E-state index in [4.69, 9.17) is 4.98 Å². The second kappa shape index (κ2) is 6.50. The molecule has 1 aromatic heterocycles. The topological polar surface area (TPSA) is 12.9 Å². The van der Waals surface area contributed by atoms with Gasteiger partial charge in [0.25, 0.3) is 0 Å². The van der Waals surface area contributed by atoms with Gasteiger partial charge in [0.2, 0.25) is 0 Å². The Kier molecular flexibility index (Phi) is 4.21. The first-order chi connectivity index (χ1) is 11.7. The molecule has 1 nitrogen and oxygen atoms in total. The Labute approximate surface area is 157 Å². The van der Waals surface area contributed by atoms with Crippen molar-refractivity contribution in [3.63, 3.8) is 0 Å². The molecule has 0 radical (unpaired) electrons. The summed E-state index contributed by atoms with van der Waals surface area (Å²) in [6, 6.07) is 27.1. The summed E-state index contributed by atoms with van der Waals surface area (Å²) in [5.74, 6) is 0. The maximum absolute atomic E-state index is 4.87. The monoisotopic (exact) mass is 437 g/mol. The number of hydrogen-bond acceptors (Lipinski definition) is 1. The zero-order chi connectivity index (χ0) is 16.5. The summed E-state index contributed by atoms with van der Waals surface area (Å²) in [4.78, 5) is 4.87. The van der Waals surface area contributed by atoms with E-state index in [9.17, 15) is 0 Å². The molecule has 0 aliphatic rings. The highest BCUT2D eigenvalue weighted by molar-refractivity contribution is 9.11. The quantitative estimate of drug-likeness (QED) is 0.325. The number of halogens is 2. The average Bonchev–Trinajstić information content (AvgIpc) is 2.61. The van der Waals surface area contributed by atoms with Crippen LogP contribution in [0.3, 0.4) is 0 Å². The van der Waals surface area contributed by atoms with Crippen molar-refractivity contribution in [2.45, 2.75) is 0 Å². The highest BCUT2D eigenvalue weighted by Crippen LogP contribution is 2.33. The molecular weight excluding hydrogens is 426 g/mol. The maximum Gasteiger partial charge on any atom is 0.0716 e. The van der Waals surface area contributed by atoms with Crippen LogP contribution in [0.5, 0.6) is 0 Å². The van der Waals surface area contributed by atoms with Crippen LogP contribution in [0.4, 0.5) is 0 Å². The Hall–Kier alpha value is -1.97. The molecule has 24 heavy (non-hydrogen) atoms. The zero-order valence-electron chi connectivity index (χ0n) is 12.7. The Morgan fingerprint density at radius 2 is 1.29 bits per heavy atom. The first-order valence-corrected chi connectivity index (χ1v) is 9.21. The van der Waals surface area contributed by atoms with Crippen LogP contribution >= 0.6 is 31.9 Å². The molecule has 0 atom stereocenters. The number of pyridine rings is 1. The number of nitrogens with zero attached hydrogens (tertiary/aromatic N) is 1. The lowest BCUT2D eigenvalue weighted by atomic mass is 9.98. The van der Waals surface area contributed by atoms with Gasteiger partial charge in [-0.15, -0.1) is 0 Å². The largest absolute Gasteiger partial charge is 0.248 e. The number of para-hydroxylation sites is 1. The van der Waals surface area contributed by atoms with E-state index >= 15 is 0 Å². The van der Waals surface area contributed by atoms with Crippen LogP contribution in [-0.2, 0) is 0 Å². The minimum atomic E-state index is 0.967. The number of benzene rings is 3. The van der Waals surface area contributed by atoms with E-state index in [1.54, 1.807) is 0 Å². The number of rotatable bonds is 2. The Balaban J connectivity index is 2.01. The van der Waals surface area contributed by atoms with Crippen molar-refractivity contribution >= 4 is 42.8 Å². The van der Waals surface area contributed by atoms with E-state index < -0.39 is 0 Å². The van der Waals surface area contributed by atoms with E-state index in [1.165, 1.54) is 16.5 Å². The van der Waals surface area contributed by atoms with Crippen LogP contribution in [0.1, 0.15) is 0 Å². The van der Waals surface area contributed by atoms with Crippen molar-refractivity contribution in [2.75, 3.05) is 0 Å². The molecular formula is C21H13Br2N. The van der Waals surface area contributed by atoms with Crippen molar-refractivity contribution < 1.29 is 0 Å². The van der Waals surface area contributed by atoms with Crippen LogP contribution in [0, 0.1) is 0 Å². The molecule has 0 bridgehead atoms. The standard InChI is InChI=1S/C21H13Br2N/c22-16-10-15(11-17(23)12-16)21-13-19(14-6-2-1-3-7-14)18-8-4-5-9-20(18)24-21/h1-13H. The van der Waals surface area contributed by atoms with Crippen molar-refractivity contribution in [3.05, 3.63) is 87.8 Å². The summed E-state index contributed by atoms with van der Waals surface area (Å²) in [6.07, 6.45) is 0. The Morgan fingerprint density at radius 1 is 0.625 bits per heavy atom. The van der Waals surface area contributed by atoms with E-state index in [0.717, 1.165) is 25.7 Å². The van der Waals surface area contributed by atoms with Crippen molar-refractivity contribution in [3.8, 4) is 22.4 Å². The molecule has 3 aromatic carbocycles. The van der Waals surface area contributed by atoms with Crippen molar-refractivity contribution in [1.29, 1.82) is 0 Å². The fourth-order valence-corrected chi connectivity index (χ4v) is 4.18. The number of fused-ring (bicyclic) bond motifs is 1. The molecule has 0 unspecified atom stereocenters. The first-order valence-electron chi connectivity index (χ1n) is 7.62. The molecule has 4 aromatic rings. The normalized spacial score (nSPS) is 10.9. The Bertz CT molecular complexity index is 1010. The van der Waals surface area contributed by atoms with Crippen molar-refractivity contribution in [1.82, 2.24) is 4.98 Å². The van der Waals surface area contributed by atoms with Gasteiger partial charge in [0.15, 0.2) is 0 Å². The molecule has 0 spiro atoms. The molecule has 116 valence electrons. The molecule has 1 heterocycles. The molecule has 0 saturated heterocycles. The molecule has 0 saturated carbocycles. The highest BCUT2D eigenvalue weighted by Gasteiger charge is 2.10. The number of hydrogen-bond donors (Lipinski definition) is 0. The van der Waals surface area contributed by atoms with E-state index in [-0.39, 0.29) is 0 Å². The summed E-state index contributed by atoms with van der Waals surface area (Å²) < 4.78 is 2.06. The molecule has 3 heteroatoms. The zero-order valence-corrected chi connectivity index (χ0v) is 15.9. The van der Waals surface area contributed by atoms with Crippen LogP contribution in [0.25, 0.3) is 33.3 Å². The molecule has 0 aliphatic carbocycles. The first kappa shape index (κ1) is 15.6. The second-order valence-corrected chi connectivity index (χ2v) is 7.43. The van der Waals surface area contributed by atoms with E-state index in [2.05, 4.69) is 92.5 Å². The predicted octanol–water partition coefficient (Wildman–Crippen LogP) is 7.09. The third-order valence-corrected chi connectivity index (χ3v) is 4.87.